The van der Waals surface area contributed by atoms with Crippen molar-refractivity contribution in [2.75, 3.05) is 0 Å². The first kappa shape index (κ1) is 10.2. The highest BCUT2D eigenvalue weighted by molar-refractivity contribution is 5.60. The Morgan fingerprint density at radius 1 is 1.08 bits per heavy atom. The van der Waals surface area contributed by atoms with Gasteiger partial charge in [-0.25, -0.2) is 4.57 Å². The highest BCUT2D eigenvalue weighted by Crippen LogP contribution is 2.17. The van der Waals surface area contributed by atoms with Crippen LogP contribution in [0.4, 0.5) is 0 Å². The number of aryl methyl sites for hydroxylation is 1. The zero-order valence-corrected chi connectivity index (χ0v) is 9.43. The molecule has 0 N–H and O–H groups in total. The molecular weight excluding hydrogens is 277 g/mol. The van der Waals surface area contributed by atoms with Crippen LogP contribution in [0.3, 0.4) is 0 Å². The third kappa shape index (κ3) is 2.30. The number of halogens is 1. The molecule has 0 bridgehead atoms. The molecule has 0 saturated heterocycles. The van der Waals surface area contributed by atoms with Gasteiger partial charge in [0, 0.05) is 17.7 Å². The second kappa shape index (κ2) is 4.41. The molecular formula is C10H10INO. The van der Waals surface area contributed by atoms with Crippen LogP contribution < -0.4 is 28.5 Å². The zero-order valence-electron chi connectivity index (χ0n) is 7.27. The minimum Gasteiger partial charge on any atom is -1.00 e. The molecule has 68 valence electrons. The number of furan rings is 1. The number of aromatic nitrogens is 1. The fourth-order valence-corrected chi connectivity index (χ4v) is 1.12. The molecule has 0 spiro atoms. The molecule has 0 aliphatic carbocycles. The number of rotatable bonds is 1. The van der Waals surface area contributed by atoms with Gasteiger partial charge in [0.1, 0.15) is 7.05 Å². The third-order valence-electron chi connectivity index (χ3n) is 1.83. The summed E-state index contributed by atoms with van der Waals surface area (Å²) in [4.78, 5) is 0. The lowest BCUT2D eigenvalue weighted by molar-refractivity contribution is -0.671. The molecule has 13 heavy (non-hydrogen) atoms. The smallest absolute Gasteiger partial charge is 0.169 e. The van der Waals surface area contributed by atoms with E-state index in [1.54, 1.807) is 12.5 Å². The first-order chi connectivity index (χ1) is 5.86. The van der Waals surface area contributed by atoms with Crippen molar-refractivity contribution in [1.29, 1.82) is 0 Å². The SMILES string of the molecule is C[n+]1ccc(-c2ccoc2)cc1.[I-]. The van der Waals surface area contributed by atoms with Crippen molar-refractivity contribution in [2.24, 2.45) is 7.05 Å². The Morgan fingerprint density at radius 3 is 2.31 bits per heavy atom. The molecule has 0 fully saturated rings. The van der Waals surface area contributed by atoms with Gasteiger partial charge in [-0.15, -0.1) is 0 Å². The second-order valence-electron chi connectivity index (χ2n) is 2.76. The molecule has 0 aromatic carbocycles. The van der Waals surface area contributed by atoms with Crippen molar-refractivity contribution < 1.29 is 33.0 Å². The van der Waals surface area contributed by atoms with Crippen LogP contribution in [0.25, 0.3) is 11.1 Å². The monoisotopic (exact) mass is 287 g/mol. The van der Waals surface area contributed by atoms with E-state index < -0.39 is 0 Å². The standard InChI is InChI=1S/C10H10NO.HI/c1-11-5-2-9(3-6-11)10-4-7-12-8-10;/h2-8H,1H3;1H/q+1;/p-1. The molecule has 0 atom stereocenters. The third-order valence-corrected chi connectivity index (χ3v) is 1.83. The fraction of sp³-hybridized carbons (Fsp3) is 0.100. The zero-order chi connectivity index (χ0) is 8.39. The van der Waals surface area contributed by atoms with E-state index in [1.165, 1.54) is 5.56 Å². The number of pyridine rings is 1. The molecule has 0 radical (unpaired) electrons. The van der Waals surface area contributed by atoms with Crippen LogP contribution in [0.15, 0.2) is 47.5 Å². The van der Waals surface area contributed by atoms with E-state index in [2.05, 4.69) is 12.1 Å². The molecule has 0 aliphatic rings. The molecule has 0 saturated carbocycles. The lowest BCUT2D eigenvalue weighted by Gasteiger charge is -1.92. The highest BCUT2D eigenvalue weighted by Gasteiger charge is 1.99. The van der Waals surface area contributed by atoms with E-state index in [1.807, 2.05) is 30.1 Å². The maximum Gasteiger partial charge on any atom is 0.169 e. The van der Waals surface area contributed by atoms with Gasteiger partial charge >= 0.3 is 0 Å². The number of hydrogen-bond acceptors (Lipinski definition) is 1. The molecule has 2 aromatic rings. The summed E-state index contributed by atoms with van der Waals surface area (Å²) in [6, 6.07) is 6.07. The molecule has 0 unspecified atom stereocenters. The lowest BCUT2D eigenvalue weighted by Crippen LogP contribution is -3.00. The minimum atomic E-state index is 0. The molecule has 2 heterocycles. The van der Waals surface area contributed by atoms with E-state index in [9.17, 15) is 0 Å². The van der Waals surface area contributed by atoms with Crippen molar-refractivity contribution in [2.45, 2.75) is 0 Å². The normalized spacial score (nSPS) is 9.31. The van der Waals surface area contributed by atoms with Gasteiger partial charge < -0.3 is 28.4 Å². The van der Waals surface area contributed by atoms with Crippen LogP contribution in [-0.2, 0) is 7.05 Å². The minimum absolute atomic E-state index is 0. The van der Waals surface area contributed by atoms with E-state index in [0.717, 1.165) is 5.56 Å². The summed E-state index contributed by atoms with van der Waals surface area (Å²) in [6.07, 6.45) is 7.46. The number of hydrogen-bond donors (Lipinski definition) is 0. The topological polar surface area (TPSA) is 17.0 Å². The first-order valence-electron chi connectivity index (χ1n) is 3.84. The Labute approximate surface area is 94.2 Å². The van der Waals surface area contributed by atoms with E-state index in [-0.39, 0.29) is 24.0 Å². The average molecular weight is 287 g/mol. The second-order valence-corrected chi connectivity index (χ2v) is 2.76. The molecule has 0 aliphatic heterocycles. The summed E-state index contributed by atoms with van der Waals surface area (Å²) < 4.78 is 7.00. The van der Waals surface area contributed by atoms with Crippen LogP contribution in [0, 0.1) is 0 Å². The van der Waals surface area contributed by atoms with Crippen molar-refractivity contribution in [3.8, 4) is 11.1 Å². The molecule has 3 heteroatoms. The first-order valence-corrected chi connectivity index (χ1v) is 3.84. The van der Waals surface area contributed by atoms with Gasteiger partial charge in [0.25, 0.3) is 0 Å². The summed E-state index contributed by atoms with van der Waals surface area (Å²) in [5.74, 6) is 0. The average Bonchev–Trinajstić information content (AvgIpc) is 2.58. The van der Waals surface area contributed by atoms with E-state index in [4.69, 9.17) is 4.42 Å². The Kier molecular flexibility index (Phi) is 3.48. The summed E-state index contributed by atoms with van der Waals surface area (Å²) in [5.41, 5.74) is 2.30. The van der Waals surface area contributed by atoms with Crippen molar-refractivity contribution in [1.82, 2.24) is 0 Å². The summed E-state index contributed by atoms with van der Waals surface area (Å²) >= 11 is 0. The van der Waals surface area contributed by atoms with Gasteiger partial charge in [-0.1, -0.05) is 0 Å². The Balaban J connectivity index is 0.000000845. The summed E-state index contributed by atoms with van der Waals surface area (Å²) in [7, 11) is 2.00. The van der Waals surface area contributed by atoms with E-state index >= 15 is 0 Å². The molecule has 2 aromatic heterocycles. The molecule has 2 nitrogen and oxygen atoms in total. The van der Waals surface area contributed by atoms with Crippen molar-refractivity contribution in [3.05, 3.63) is 43.1 Å². The van der Waals surface area contributed by atoms with Gasteiger partial charge in [-0.2, -0.15) is 0 Å². The summed E-state index contributed by atoms with van der Waals surface area (Å²) in [5, 5.41) is 0. The molecule has 0 amide bonds. The Hall–Kier alpha value is -0.840. The fourth-order valence-electron chi connectivity index (χ4n) is 1.12. The number of nitrogens with zero attached hydrogens (tertiary/aromatic N) is 1. The van der Waals surface area contributed by atoms with Crippen molar-refractivity contribution >= 4 is 0 Å². The molecule has 2 rings (SSSR count). The van der Waals surface area contributed by atoms with Gasteiger partial charge in [0.2, 0.25) is 0 Å². The summed E-state index contributed by atoms with van der Waals surface area (Å²) in [6.45, 7) is 0. The van der Waals surface area contributed by atoms with Gasteiger partial charge in [-0.3, -0.25) is 0 Å². The predicted octanol–water partition coefficient (Wildman–Crippen LogP) is -1.22. The highest BCUT2D eigenvalue weighted by atomic mass is 127. The van der Waals surface area contributed by atoms with Crippen LogP contribution in [-0.4, -0.2) is 0 Å². The van der Waals surface area contributed by atoms with Gasteiger partial charge in [0.15, 0.2) is 12.4 Å². The Morgan fingerprint density at radius 2 is 1.77 bits per heavy atom. The van der Waals surface area contributed by atoms with Crippen LogP contribution in [0.1, 0.15) is 0 Å². The maximum absolute atomic E-state index is 4.99. The lowest BCUT2D eigenvalue weighted by atomic mass is 10.1. The van der Waals surface area contributed by atoms with Crippen LogP contribution in [0.5, 0.6) is 0 Å². The quantitative estimate of drug-likeness (QED) is 0.474. The van der Waals surface area contributed by atoms with Crippen LogP contribution >= 0.6 is 0 Å². The largest absolute Gasteiger partial charge is 1.00 e. The predicted molar refractivity (Wildman–Crippen MR) is 45.3 cm³/mol. The van der Waals surface area contributed by atoms with Gasteiger partial charge in [0.05, 0.1) is 12.5 Å². The van der Waals surface area contributed by atoms with Crippen LogP contribution in [0.2, 0.25) is 0 Å². The maximum atomic E-state index is 4.99. The van der Waals surface area contributed by atoms with Crippen molar-refractivity contribution in [3.63, 3.8) is 0 Å². The van der Waals surface area contributed by atoms with E-state index in [0.29, 0.717) is 0 Å². The van der Waals surface area contributed by atoms with Gasteiger partial charge in [-0.05, 0) is 11.6 Å². The Bertz CT molecular complexity index is 353.